The van der Waals surface area contributed by atoms with Crippen LogP contribution in [0.4, 0.5) is 0 Å². The second kappa shape index (κ2) is 10.6. The van der Waals surface area contributed by atoms with Crippen molar-refractivity contribution in [1.29, 1.82) is 10.5 Å². The average molecular weight is 467 g/mol. The van der Waals surface area contributed by atoms with E-state index in [1.165, 1.54) is 28.5 Å². The largest absolute Gasteiger partial charge is 0.198 e. The highest BCUT2D eigenvalue weighted by Gasteiger charge is 2.37. The molecule has 10 heteroatoms. The zero-order valence-electron chi connectivity index (χ0n) is 12.6. The summed E-state index contributed by atoms with van der Waals surface area (Å²) in [6, 6.07) is 4.48. The smallest absolute Gasteiger partial charge is 0.0769 e. The molecule has 2 nitrogen and oxygen atoms in total. The number of hydrogen-bond acceptors (Lipinski definition) is 10. The minimum absolute atomic E-state index is 0.480. The molecule has 0 bridgehead atoms. The van der Waals surface area contributed by atoms with Crippen LogP contribution in [-0.4, -0.2) is 32.2 Å². The molecule has 3 heterocycles. The molecule has 3 rings (SSSR count). The molecule has 0 radical (unpaired) electrons. The van der Waals surface area contributed by atoms with Gasteiger partial charge in [0, 0.05) is 35.9 Å². The van der Waals surface area contributed by atoms with Crippen LogP contribution in [0.2, 0.25) is 0 Å². The predicted molar refractivity (Wildman–Crippen MR) is 122 cm³/mol. The van der Waals surface area contributed by atoms with Gasteiger partial charge < -0.3 is 0 Å². The van der Waals surface area contributed by atoms with E-state index in [9.17, 15) is 0 Å². The molecule has 0 aromatic heterocycles. The van der Waals surface area contributed by atoms with Crippen LogP contribution in [-0.2, 0) is 0 Å². The van der Waals surface area contributed by atoms with Gasteiger partial charge in [-0.25, -0.2) is 0 Å². The molecule has 0 unspecified atom stereocenters. The van der Waals surface area contributed by atoms with Gasteiger partial charge in [-0.3, -0.25) is 0 Å². The first-order valence-corrected chi connectivity index (χ1v) is 14.7. The third-order valence-corrected chi connectivity index (χ3v) is 15.8. The first-order chi connectivity index (χ1) is 11.8. The predicted octanol–water partition coefficient (Wildman–Crippen LogP) is 6.63. The molecule has 128 valence electrons. The molecular weight excluding hydrogens is 453 g/mol. The van der Waals surface area contributed by atoms with Gasteiger partial charge >= 0.3 is 0 Å². The Bertz CT molecular complexity index is 567. The molecular formula is C14H14N2S8. The van der Waals surface area contributed by atoms with Gasteiger partial charge in [-0.1, -0.05) is 23.5 Å². The second-order valence-corrected chi connectivity index (χ2v) is 15.3. The third-order valence-electron chi connectivity index (χ3n) is 2.91. The molecule has 0 aromatic rings. The van der Waals surface area contributed by atoms with E-state index in [4.69, 9.17) is 10.5 Å². The quantitative estimate of drug-likeness (QED) is 0.399. The molecule has 0 saturated carbocycles. The highest BCUT2D eigenvalue weighted by molar-refractivity contribution is 8.44. The Balaban J connectivity index is 1.64. The van der Waals surface area contributed by atoms with Crippen LogP contribution in [0.5, 0.6) is 0 Å². The highest BCUT2D eigenvalue weighted by Crippen LogP contribution is 2.66. The molecule has 3 aliphatic rings. The Kier molecular flexibility index (Phi) is 8.80. The SMILES string of the molecule is N#CCCS[C@H]1SC(=C2SC3=C(SCCS3)S2)S[C@@H]1SCCC#N. The van der Waals surface area contributed by atoms with Crippen LogP contribution < -0.4 is 0 Å². The fourth-order valence-electron chi connectivity index (χ4n) is 1.91. The fourth-order valence-corrected chi connectivity index (χ4v) is 15.1. The van der Waals surface area contributed by atoms with Crippen LogP contribution in [0.15, 0.2) is 16.9 Å². The van der Waals surface area contributed by atoms with Crippen LogP contribution in [0.1, 0.15) is 12.8 Å². The highest BCUT2D eigenvalue weighted by atomic mass is 32.3. The van der Waals surface area contributed by atoms with E-state index in [1.54, 1.807) is 0 Å². The van der Waals surface area contributed by atoms with Gasteiger partial charge in [-0.05, 0) is 0 Å². The molecule has 0 aliphatic carbocycles. The van der Waals surface area contributed by atoms with E-state index >= 15 is 0 Å². The van der Waals surface area contributed by atoms with Crippen LogP contribution >= 0.6 is 94.1 Å². The first-order valence-electron chi connectivity index (χ1n) is 7.22. The summed E-state index contributed by atoms with van der Waals surface area (Å²) in [5.41, 5.74) is 0. The third kappa shape index (κ3) is 5.39. The Labute approximate surface area is 177 Å². The molecule has 3 aliphatic heterocycles. The molecule has 1 fully saturated rings. The van der Waals surface area contributed by atoms with Gasteiger partial charge in [0.2, 0.25) is 0 Å². The van der Waals surface area contributed by atoms with Gasteiger partial charge in [0.1, 0.15) is 0 Å². The molecule has 2 atom stereocenters. The number of nitrogens with zero attached hydrogens (tertiary/aromatic N) is 2. The van der Waals surface area contributed by atoms with E-state index in [-0.39, 0.29) is 0 Å². The van der Waals surface area contributed by atoms with E-state index in [0.29, 0.717) is 22.0 Å². The lowest BCUT2D eigenvalue weighted by molar-refractivity contribution is 1.22. The summed E-state index contributed by atoms with van der Waals surface area (Å²) in [5, 5.41) is 17.6. The fraction of sp³-hybridized carbons (Fsp3) is 0.571. The zero-order chi connectivity index (χ0) is 16.8. The second-order valence-electron chi connectivity index (χ2n) is 4.58. The molecule has 0 amide bonds. The lowest BCUT2D eigenvalue weighted by Crippen LogP contribution is -2.08. The van der Waals surface area contributed by atoms with Gasteiger partial charge in [-0.2, -0.15) is 10.5 Å². The van der Waals surface area contributed by atoms with E-state index in [1.807, 2.05) is 94.1 Å². The maximum absolute atomic E-state index is 8.78. The molecule has 0 spiro atoms. The summed E-state index contributed by atoms with van der Waals surface area (Å²) in [7, 11) is 0. The van der Waals surface area contributed by atoms with E-state index < -0.39 is 0 Å². The summed E-state index contributed by atoms with van der Waals surface area (Å²) < 4.78 is 6.85. The molecule has 0 N–H and O–H groups in total. The lowest BCUT2D eigenvalue weighted by atomic mass is 10.6. The number of nitriles is 2. The Hall–Kier alpha value is 1.26. The maximum Gasteiger partial charge on any atom is 0.0769 e. The Morgan fingerprint density at radius 1 is 0.792 bits per heavy atom. The number of rotatable bonds is 6. The summed E-state index contributed by atoms with van der Waals surface area (Å²) in [4.78, 5) is 0. The first kappa shape index (κ1) is 20.0. The van der Waals surface area contributed by atoms with Crippen LogP contribution in [0.25, 0.3) is 0 Å². The van der Waals surface area contributed by atoms with Gasteiger partial charge in [0.05, 0.1) is 38.3 Å². The van der Waals surface area contributed by atoms with E-state index in [2.05, 4.69) is 12.1 Å². The topological polar surface area (TPSA) is 47.6 Å². The molecule has 24 heavy (non-hydrogen) atoms. The van der Waals surface area contributed by atoms with Crippen molar-refractivity contribution in [3.63, 3.8) is 0 Å². The Morgan fingerprint density at radius 2 is 1.29 bits per heavy atom. The maximum atomic E-state index is 8.78. The van der Waals surface area contributed by atoms with Crippen molar-refractivity contribution in [2.24, 2.45) is 0 Å². The van der Waals surface area contributed by atoms with Crippen molar-refractivity contribution in [2.75, 3.05) is 23.0 Å². The zero-order valence-corrected chi connectivity index (χ0v) is 19.1. The molecule has 0 aromatic carbocycles. The standard InChI is InChI=1S/C14H14N2S8/c15-3-1-5-17-9-10(18-6-2-4-16)22-13(21-9)14-23-11-12(24-14)20-8-7-19-11/h9-10H,1-2,5-8H2/t9-,10-/m0/s1. The number of hydrogen-bond donors (Lipinski definition) is 0. The van der Waals surface area contributed by atoms with Gasteiger partial charge in [0.25, 0.3) is 0 Å². The Morgan fingerprint density at radius 3 is 1.75 bits per heavy atom. The summed E-state index contributed by atoms with van der Waals surface area (Å²) in [6.07, 6.45) is 1.22. The molecule has 1 saturated heterocycles. The summed E-state index contributed by atoms with van der Waals surface area (Å²) in [6.45, 7) is 0. The number of thioether (sulfide) groups is 8. The van der Waals surface area contributed by atoms with Gasteiger partial charge in [0.15, 0.2) is 0 Å². The van der Waals surface area contributed by atoms with Crippen molar-refractivity contribution in [1.82, 2.24) is 0 Å². The lowest BCUT2D eigenvalue weighted by Gasteiger charge is -2.14. The van der Waals surface area contributed by atoms with Crippen LogP contribution in [0.3, 0.4) is 0 Å². The summed E-state index contributed by atoms with van der Waals surface area (Å²) in [5.74, 6) is 4.24. The van der Waals surface area contributed by atoms with E-state index in [0.717, 1.165) is 11.5 Å². The van der Waals surface area contributed by atoms with Gasteiger partial charge in [-0.15, -0.1) is 70.6 Å². The van der Waals surface area contributed by atoms with Crippen molar-refractivity contribution >= 4 is 94.1 Å². The normalized spacial score (nSPS) is 26.4. The minimum Gasteiger partial charge on any atom is -0.198 e. The monoisotopic (exact) mass is 466 g/mol. The van der Waals surface area contributed by atoms with Crippen molar-refractivity contribution in [3.8, 4) is 12.1 Å². The minimum atomic E-state index is 0.480. The summed E-state index contributed by atoms with van der Waals surface area (Å²) >= 11 is 15.7. The van der Waals surface area contributed by atoms with Crippen molar-refractivity contribution < 1.29 is 0 Å². The average Bonchev–Trinajstić information content (AvgIpc) is 3.19. The van der Waals surface area contributed by atoms with Crippen molar-refractivity contribution in [3.05, 3.63) is 16.9 Å². The van der Waals surface area contributed by atoms with Crippen molar-refractivity contribution in [2.45, 2.75) is 22.0 Å². The van der Waals surface area contributed by atoms with Crippen LogP contribution in [0, 0.1) is 22.7 Å².